The van der Waals surface area contributed by atoms with Gasteiger partial charge < -0.3 is 24.8 Å². The van der Waals surface area contributed by atoms with Crippen molar-refractivity contribution in [2.45, 2.75) is 43.4 Å². The third kappa shape index (κ3) is 2.16. The quantitative estimate of drug-likeness (QED) is 0.726. The van der Waals surface area contributed by atoms with Crippen LogP contribution in [-0.2, 0) is 21.7 Å². The predicted molar refractivity (Wildman–Crippen MR) is 71.0 cm³/mol. The van der Waals surface area contributed by atoms with Gasteiger partial charge in [0.05, 0.1) is 18.8 Å². The van der Waals surface area contributed by atoms with Gasteiger partial charge in [0.1, 0.15) is 6.10 Å². The lowest BCUT2D eigenvalue weighted by atomic mass is 9.84. The molecule has 0 saturated carbocycles. The Morgan fingerprint density at radius 2 is 2.05 bits per heavy atom. The number of aliphatic hydroxyl groups excluding tert-OH is 3. The lowest BCUT2D eigenvalue weighted by molar-refractivity contribution is -0.355. The van der Waals surface area contributed by atoms with Crippen LogP contribution in [0.1, 0.15) is 24.0 Å². The Kier molecular flexibility index (Phi) is 3.79. The molecule has 2 heterocycles. The third-order valence-corrected chi connectivity index (χ3v) is 4.13. The van der Waals surface area contributed by atoms with Crippen LogP contribution in [0.25, 0.3) is 0 Å². The summed E-state index contributed by atoms with van der Waals surface area (Å²) in [5.74, 6) is -1.31. The predicted octanol–water partition coefficient (Wildman–Crippen LogP) is 0.305. The molecule has 0 aliphatic carbocycles. The number of rotatable bonds is 2. The van der Waals surface area contributed by atoms with Gasteiger partial charge in [-0.1, -0.05) is 24.3 Å². The molecule has 0 radical (unpaired) electrons. The molecule has 1 fully saturated rings. The average molecular weight is 280 g/mol. The Morgan fingerprint density at radius 3 is 2.85 bits per heavy atom. The zero-order valence-electron chi connectivity index (χ0n) is 11.2. The van der Waals surface area contributed by atoms with E-state index in [0.29, 0.717) is 19.4 Å². The molecule has 1 saturated heterocycles. The van der Waals surface area contributed by atoms with Crippen molar-refractivity contribution in [3.05, 3.63) is 35.4 Å². The van der Waals surface area contributed by atoms with Crippen LogP contribution in [0.15, 0.2) is 24.3 Å². The molecule has 3 rings (SSSR count). The molecule has 2 aliphatic heterocycles. The fourth-order valence-electron chi connectivity index (χ4n) is 3.15. The van der Waals surface area contributed by atoms with Crippen molar-refractivity contribution < 1.29 is 24.8 Å². The first-order chi connectivity index (χ1) is 9.67. The normalized spacial score (nSPS) is 36.9. The van der Waals surface area contributed by atoms with E-state index in [1.165, 1.54) is 0 Å². The topological polar surface area (TPSA) is 79.2 Å². The van der Waals surface area contributed by atoms with E-state index in [9.17, 15) is 10.2 Å². The molecule has 0 amide bonds. The largest absolute Gasteiger partial charge is 0.396 e. The van der Waals surface area contributed by atoms with Crippen LogP contribution in [0.5, 0.6) is 0 Å². The monoisotopic (exact) mass is 280 g/mol. The second kappa shape index (κ2) is 5.42. The summed E-state index contributed by atoms with van der Waals surface area (Å²) in [6, 6.07) is 7.66. The van der Waals surface area contributed by atoms with E-state index in [2.05, 4.69) is 0 Å². The number of aliphatic hydroxyl groups is 3. The lowest BCUT2D eigenvalue weighted by Gasteiger charge is -2.48. The van der Waals surface area contributed by atoms with E-state index in [4.69, 9.17) is 14.6 Å². The number of fused-ring (bicyclic) bond motifs is 2. The van der Waals surface area contributed by atoms with Crippen LogP contribution in [-0.4, -0.2) is 46.8 Å². The van der Waals surface area contributed by atoms with Gasteiger partial charge in [-0.05, 0) is 18.4 Å². The SMILES string of the molecule is OCC[C@@H]1C[C@@H](O)[C@H](O)[C@@]2(OCCc3ccccc32)O1. The smallest absolute Gasteiger partial charge is 0.225 e. The summed E-state index contributed by atoms with van der Waals surface area (Å²) in [7, 11) is 0. The minimum atomic E-state index is -1.31. The van der Waals surface area contributed by atoms with Crippen LogP contribution < -0.4 is 0 Å². The highest BCUT2D eigenvalue weighted by Gasteiger charge is 2.53. The highest BCUT2D eigenvalue weighted by atomic mass is 16.7. The van der Waals surface area contributed by atoms with Gasteiger partial charge in [-0.15, -0.1) is 0 Å². The van der Waals surface area contributed by atoms with Crippen LogP contribution >= 0.6 is 0 Å². The molecule has 0 aromatic heterocycles. The zero-order valence-corrected chi connectivity index (χ0v) is 11.2. The van der Waals surface area contributed by atoms with Gasteiger partial charge in [-0.2, -0.15) is 0 Å². The summed E-state index contributed by atoms with van der Waals surface area (Å²) >= 11 is 0. The highest BCUT2D eigenvalue weighted by molar-refractivity contribution is 5.34. The summed E-state index contributed by atoms with van der Waals surface area (Å²) in [5.41, 5.74) is 1.84. The Balaban J connectivity index is 2.01. The molecule has 1 aromatic carbocycles. The molecular formula is C15H20O5. The van der Waals surface area contributed by atoms with Crippen molar-refractivity contribution in [3.8, 4) is 0 Å². The van der Waals surface area contributed by atoms with E-state index in [1.54, 1.807) is 0 Å². The average Bonchev–Trinajstić information content (AvgIpc) is 2.45. The van der Waals surface area contributed by atoms with E-state index in [-0.39, 0.29) is 12.7 Å². The van der Waals surface area contributed by atoms with Gasteiger partial charge >= 0.3 is 0 Å². The van der Waals surface area contributed by atoms with Crippen molar-refractivity contribution in [1.82, 2.24) is 0 Å². The van der Waals surface area contributed by atoms with Crippen LogP contribution in [0, 0.1) is 0 Å². The molecular weight excluding hydrogens is 260 g/mol. The van der Waals surface area contributed by atoms with Crippen LogP contribution in [0.2, 0.25) is 0 Å². The molecule has 1 spiro atoms. The summed E-state index contributed by atoms with van der Waals surface area (Å²) in [5, 5.41) is 29.6. The molecule has 1 aromatic rings. The fraction of sp³-hybridized carbons (Fsp3) is 0.600. The Labute approximate surface area is 117 Å². The van der Waals surface area contributed by atoms with Gasteiger partial charge in [0.15, 0.2) is 0 Å². The maximum Gasteiger partial charge on any atom is 0.225 e. The standard InChI is InChI=1S/C15H20O5/c16-7-5-11-9-13(17)14(18)15(20-11)12-4-2-1-3-10(12)6-8-19-15/h1-4,11,13-14,16-18H,5-9H2/t11-,13-,14+,15+/m1/s1. The van der Waals surface area contributed by atoms with E-state index >= 15 is 0 Å². The van der Waals surface area contributed by atoms with Crippen molar-refractivity contribution in [1.29, 1.82) is 0 Å². The molecule has 0 bridgehead atoms. The number of ether oxygens (including phenoxy) is 2. The number of hydrogen-bond acceptors (Lipinski definition) is 5. The second-order valence-electron chi connectivity index (χ2n) is 5.42. The summed E-state index contributed by atoms with van der Waals surface area (Å²) in [4.78, 5) is 0. The molecule has 5 nitrogen and oxygen atoms in total. The molecule has 2 aliphatic rings. The van der Waals surface area contributed by atoms with Crippen molar-refractivity contribution in [2.24, 2.45) is 0 Å². The fourth-order valence-corrected chi connectivity index (χ4v) is 3.15. The maximum absolute atomic E-state index is 10.4. The molecule has 110 valence electrons. The first-order valence-corrected chi connectivity index (χ1v) is 7.04. The zero-order chi connectivity index (χ0) is 14.2. The Morgan fingerprint density at radius 1 is 1.25 bits per heavy atom. The molecule has 20 heavy (non-hydrogen) atoms. The molecule has 3 N–H and O–H groups in total. The first-order valence-electron chi connectivity index (χ1n) is 7.04. The van der Waals surface area contributed by atoms with E-state index < -0.39 is 18.0 Å². The summed E-state index contributed by atoms with van der Waals surface area (Å²) in [6.07, 6.45) is -0.907. The van der Waals surface area contributed by atoms with Crippen LogP contribution in [0.3, 0.4) is 0 Å². The van der Waals surface area contributed by atoms with Crippen molar-refractivity contribution in [3.63, 3.8) is 0 Å². The number of hydrogen-bond donors (Lipinski definition) is 3. The second-order valence-corrected chi connectivity index (χ2v) is 5.42. The first kappa shape index (κ1) is 14.0. The van der Waals surface area contributed by atoms with Gasteiger partial charge in [0.2, 0.25) is 5.79 Å². The van der Waals surface area contributed by atoms with Crippen molar-refractivity contribution in [2.75, 3.05) is 13.2 Å². The van der Waals surface area contributed by atoms with Gasteiger partial charge in [0, 0.05) is 18.6 Å². The van der Waals surface area contributed by atoms with E-state index in [1.807, 2.05) is 24.3 Å². The molecule has 5 heteroatoms. The van der Waals surface area contributed by atoms with Gasteiger partial charge in [-0.3, -0.25) is 0 Å². The number of benzene rings is 1. The van der Waals surface area contributed by atoms with Gasteiger partial charge in [0.25, 0.3) is 0 Å². The van der Waals surface area contributed by atoms with Crippen LogP contribution in [0.4, 0.5) is 0 Å². The lowest BCUT2D eigenvalue weighted by Crippen LogP contribution is -2.59. The molecule has 4 atom stereocenters. The minimum Gasteiger partial charge on any atom is -0.396 e. The molecule has 0 unspecified atom stereocenters. The van der Waals surface area contributed by atoms with Gasteiger partial charge in [-0.25, -0.2) is 0 Å². The summed E-state index contributed by atoms with van der Waals surface area (Å²) < 4.78 is 11.8. The summed E-state index contributed by atoms with van der Waals surface area (Å²) in [6.45, 7) is 0.415. The maximum atomic E-state index is 10.4. The highest BCUT2D eigenvalue weighted by Crippen LogP contribution is 2.43. The Bertz CT molecular complexity index is 477. The third-order valence-electron chi connectivity index (χ3n) is 4.13. The minimum absolute atomic E-state index is 0.0226. The van der Waals surface area contributed by atoms with Crippen molar-refractivity contribution >= 4 is 0 Å². The Hall–Kier alpha value is -0.980. The van der Waals surface area contributed by atoms with E-state index in [0.717, 1.165) is 17.5 Å².